The van der Waals surface area contributed by atoms with E-state index in [1.165, 1.54) is 16.7 Å². The van der Waals surface area contributed by atoms with Crippen LogP contribution in [0.4, 0.5) is 0 Å². The van der Waals surface area contributed by atoms with E-state index in [-0.39, 0.29) is 0 Å². The molecule has 17 heavy (non-hydrogen) atoms. The van der Waals surface area contributed by atoms with Gasteiger partial charge in [-0.25, -0.2) is 0 Å². The summed E-state index contributed by atoms with van der Waals surface area (Å²) in [6, 6.07) is 4.70. The number of hydrogen-bond donors (Lipinski definition) is 1. The third kappa shape index (κ3) is 3.01. The highest BCUT2D eigenvalue weighted by Crippen LogP contribution is 2.34. The van der Waals surface area contributed by atoms with Crippen LogP contribution in [0, 0.1) is 19.8 Å². The standard InChI is InChI=1S/C15H25NO/c1-7-11(3)15(16-5)14-12(4)8-10(2)9-13(14)17-6/h8-9,11,15-16H,7H2,1-6H3. The van der Waals surface area contributed by atoms with Gasteiger partial charge in [-0.05, 0) is 44.0 Å². The van der Waals surface area contributed by atoms with Crippen molar-refractivity contribution < 1.29 is 4.74 Å². The Labute approximate surface area is 105 Å². The molecule has 0 amide bonds. The lowest BCUT2D eigenvalue weighted by Gasteiger charge is -2.26. The van der Waals surface area contributed by atoms with E-state index in [4.69, 9.17) is 4.74 Å². The first-order valence-corrected chi connectivity index (χ1v) is 6.37. The molecule has 1 rings (SSSR count). The molecule has 0 fully saturated rings. The Kier molecular flexibility index (Phi) is 5.01. The van der Waals surface area contributed by atoms with Gasteiger partial charge in [0.2, 0.25) is 0 Å². The van der Waals surface area contributed by atoms with Crippen molar-refractivity contribution in [3.05, 3.63) is 28.8 Å². The second kappa shape index (κ2) is 6.06. The monoisotopic (exact) mass is 235 g/mol. The molecule has 2 unspecified atom stereocenters. The lowest BCUT2D eigenvalue weighted by atomic mass is 9.88. The maximum Gasteiger partial charge on any atom is 0.124 e. The summed E-state index contributed by atoms with van der Waals surface area (Å²) in [6.07, 6.45) is 1.15. The summed E-state index contributed by atoms with van der Waals surface area (Å²) in [5.74, 6) is 1.59. The topological polar surface area (TPSA) is 21.3 Å². The molecule has 1 aromatic carbocycles. The van der Waals surface area contributed by atoms with Gasteiger partial charge in [-0.1, -0.05) is 26.3 Å². The zero-order valence-corrected chi connectivity index (χ0v) is 11.9. The first kappa shape index (κ1) is 14.0. The second-order valence-electron chi connectivity index (χ2n) is 4.85. The smallest absolute Gasteiger partial charge is 0.124 e. The van der Waals surface area contributed by atoms with Gasteiger partial charge in [0.25, 0.3) is 0 Å². The van der Waals surface area contributed by atoms with Crippen LogP contribution in [0.5, 0.6) is 5.75 Å². The van der Waals surface area contributed by atoms with Gasteiger partial charge in [0.05, 0.1) is 7.11 Å². The molecule has 2 atom stereocenters. The Hall–Kier alpha value is -1.02. The van der Waals surface area contributed by atoms with Gasteiger partial charge in [-0.15, -0.1) is 0 Å². The molecule has 1 N–H and O–H groups in total. The van der Waals surface area contributed by atoms with E-state index in [1.54, 1.807) is 7.11 Å². The van der Waals surface area contributed by atoms with Crippen LogP contribution in [0.25, 0.3) is 0 Å². The van der Waals surface area contributed by atoms with E-state index in [0.717, 1.165) is 12.2 Å². The minimum atomic E-state index is 0.357. The predicted molar refractivity (Wildman–Crippen MR) is 73.7 cm³/mol. The van der Waals surface area contributed by atoms with Gasteiger partial charge >= 0.3 is 0 Å². The van der Waals surface area contributed by atoms with Crippen molar-refractivity contribution in [2.45, 2.75) is 40.2 Å². The SMILES string of the molecule is CCC(C)C(NC)c1c(C)cc(C)cc1OC. The van der Waals surface area contributed by atoms with Gasteiger partial charge < -0.3 is 10.1 Å². The summed E-state index contributed by atoms with van der Waals surface area (Å²) in [5.41, 5.74) is 3.86. The number of aryl methyl sites for hydroxylation is 2. The number of rotatable bonds is 5. The van der Waals surface area contributed by atoms with Crippen LogP contribution in [-0.2, 0) is 0 Å². The van der Waals surface area contributed by atoms with E-state index in [0.29, 0.717) is 12.0 Å². The van der Waals surface area contributed by atoms with Crippen LogP contribution in [-0.4, -0.2) is 14.2 Å². The van der Waals surface area contributed by atoms with E-state index in [2.05, 4.69) is 45.1 Å². The zero-order chi connectivity index (χ0) is 13.0. The summed E-state index contributed by atoms with van der Waals surface area (Å²) in [7, 11) is 3.77. The molecule has 2 heteroatoms. The molecule has 0 saturated carbocycles. The minimum Gasteiger partial charge on any atom is -0.496 e. The molecule has 1 aromatic rings. The van der Waals surface area contributed by atoms with Gasteiger partial charge in [0, 0.05) is 11.6 Å². The van der Waals surface area contributed by atoms with Crippen molar-refractivity contribution >= 4 is 0 Å². The Bertz CT molecular complexity index is 373. The first-order valence-electron chi connectivity index (χ1n) is 6.37. The molecule has 96 valence electrons. The van der Waals surface area contributed by atoms with Crippen molar-refractivity contribution in [1.29, 1.82) is 0 Å². The number of nitrogens with one attached hydrogen (secondary N) is 1. The van der Waals surface area contributed by atoms with Gasteiger partial charge in [0.1, 0.15) is 5.75 Å². The molecule has 0 aliphatic heterocycles. The lowest BCUT2D eigenvalue weighted by molar-refractivity contribution is 0.363. The van der Waals surface area contributed by atoms with Gasteiger partial charge in [0.15, 0.2) is 0 Å². The Balaban J connectivity index is 3.26. The Morgan fingerprint density at radius 1 is 1.29 bits per heavy atom. The van der Waals surface area contributed by atoms with Crippen LogP contribution in [0.1, 0.15) is 43.0 Å². The Morgan fingerprint density at radius 2 is 1.94 bits per heavy atom. The van der Waals surface area contributed by atoms with E-state index in [9.17, 15) is 0 Å². The average molecular weight is 235 g/mol. The summed E-state index contributed by atoms with van der Waals surface area (Å²) >= 11 is 0. The number of hydrogen-bond acceptors (Lipinski definition) is 2. The fraction of sp³-hybridized carbons (Fsp3) is 0.600. The quantitative estimate of drug-likeness (QED) is 0.841. The fourth-order valence-corrected chi connectivity index (χ4v) is 2.46. The third-order valence-corrected chi connectivity index (χ3v) is 3.55. The molecular weight excluding hydrogens is 210 g/mol. The van der Waals surface area contributed by atoms with E-state index in [1.807, 2.05) is 7.05 Å². The van der Waals surface area contributed by atoms with Crippen molar-refractivity contribution in [3.63, 3.8) is 0 Å². The largest absolute Gasteiger partial charge is 0.496 e. The molecular formula is C15H25NO. The summed E-state index contributed by atoms with van der Waals surface area (Å²) < 4.78 is 5.54. The predicted octanol–water partition coefficient (Wildman–Crippen LogP) is 3.62. The average Bonchev–Trinajstić information content (AvgIpc) is 2.31. The maximum atomic E-state index is 5.54. The van der Waals surface area contributed by atoms with Gasteiger partial charge in [-0.3, -0.25) is 0 Å². The fourth-order valence-electron chi connectivity index (χ4n) is 2.46. The molecule has 0 saturated heterocycles. The molecule has 0 spiro atoms. The number of benzene rings is 1. The highest BCUT2D eigenvalue weighted by Gasteiger charge is 2.21. The van der Waals surface area contributed by atoms with Crippen molar-refractivity contribution in [2.75, 3.05) is 14.2 Å². The van der Waals surface area contributed by atoms with Gasteiger partial charge in [-0.2, -0.15) is 0 Å². The zero-order valence-electron chi connectivity index (χ0n) is 11.9. The van der Waals surface area contributed by atoms with Crippen LogP contribution >= 0.6 is 0 Å². The van der Waals surface area contributed by atoms with E-state index < -0.39 is 0 Å². The van der Waals surface area contributed by atoms with Crippen LogP contribution in [0.2, 0.25) is 0 Å². The summed E-state index contributed by atoms with van der Waals surface area (Å²) in [5, 5.41) is 3.42. The van der Waals surface area contributed by atoms with Crippen molar-refractivity contribution in [3.8, 4) is 5.75 Å². The lowest BCUT2D eigenvalue weighted by Crippen LogP contribution is -2.24. The third-order valence-electron chi connectivity index (χ3n) is 3.55. The molecule has 2 nitrogen and oxygen atoms in total. The van der Waals surface area contributed by atoms with Crippen molar-refractivity contribution in [2.24, 2.45) is 5.92 Å². The molecule has 0 aliphatic carbocycles. The molecule has 0 aliphatic rings. The highest BCUT2D eigenvalue weighted by atomic mass is 16.5. The first-order chi connectivity index (χ1) is 8.04. The Morgan fingerprint density at radius 3 is 2.41 bits per heavy atom. The van der Waals surface area contributed by atoms with Crippen molar-refractivity contribution in [1.82, 2.24) is 5.32 Å². The summed E-state index contributed by atoms with van der Waals surface area (Å²) in [4.78, 5) is 0. The molecule has 0 aromatic heterocycles. The molecule has 0 bridgehead atoms. The minimum absolute atomic E-state index is 0.357. The van der Waals surface area contributed by atoms with Crippen LogP contribution < -0.4 is 10.1 Å². The normalized spacial score (nSPS) is 14.5. The van der Waals surface area contributed by atoms with Crippen LogP contribution in [0.15, 0.2) is 12.1 Å². The highest BCUT2D eigenvalue weighted by molar-refractivity contribution is 5.45. The molecule has 0 heterocycles. The van der Waals surface area contributed by atoms with E-state index >= 15 is 0 Å². The number of methoxy groups -OCH3 is 1. The number of ether oxygens (including phenoxy) is 1. The second-order valence-corrected chi connectivity index (χ2v) is 4.85. The summed E-state index contributed by atoms with van der Waals surface area (Å²) in [6.45, 7) is 8.78. The maximum absolute atomic E-state index is 5.54. The van der Waals surface area contributed by atoms with Crippen LogP contribution in [0.3, 0.4) is 0 Å². The molecule has 0 radical (unpaired) electrons.